The number of hydrogen-bond acceptors (Lipinski definition) is 2. The Hall–Kier alpha value is -0.900. The molecule has 0 fully saturated rings. The van der Waals surface area contributed by atoms with Gasteiger partial charge in [-0.05, 0) is 6.08 Å². The van der Waals surface area contributed by atoms with Crippen molar-refractivity contribution in [2.75, 3.05) is 13.6 Å². The average molecular weight is 159 g/mol. The molecule has 0 saturated heterocycles. The quantitative estimate of drug-likeness (QED) is 0.481. The van der Waals surface area contributed by atoms with Crippen molar-refractivity contribution in [2.45, 2.75) is 0 Å². The fourth-order valence-electron chi connectivity index (χ4n) is 0.437. The van der Waals surface area contributed by atoms with E-state index in [1.807, 2.05) is 0 Å². The molecule has 0 atom stereocenters. The normalized spacial score (nSPS) is 8.50. The molecule has 0 bridgehead atoms. The first-order valence-corrected chi connectivity index (χ1v) is 3.08. The molecule has 0 amide bonds. The van der Waals surface area contributed by atoms with Crippen LogP contribution in [0, 0.1) is 0 Å². The standard InChI is InChI=1S/C6H9NO2S/c1-3-5(10)7(2)4-6(8)9/h3H,1,4H2,2H3,(H,8,9). The monoisotopic (exact) mass is 159 g/mol. The minimum atomic E-state index is -0.897. The van der Waals surface area contributed by atoms with E-state index in [9.17, 15) is 4.79 Å². The number of likely N-dealkylation sites (N-methyl/N-ethyl adjacent to an activating group) is 1. The molecule has 0 aliphatic rings. The van der Waals surface area contributed by atoms with Gasteiger partial charge in [0.25, 0.3) is 0 Å². The van der Waals surface area contributed by atoms with E-state index in [2.05, 4.69) is 6.58 Å². The van der Waals surface area contributed by atoms with Crippen molar-refractivity contribution in [3.8, 4) is 0 Å². The zero-order chi connectivity index (χ0) is 8.15. The molecular formula is C6H9NO2S. The van der Waals surface area contributed by atoms with Gasteiger partial charge in [-0.3, -0.25) is 4.79 Å². The summed E-state index contributed by atoms with van der Waals surface area (Å²) in [5.74, 6) is -0.897. The molecule has 0 aromatic rings. The van der Waals surface area contributed by atoms with Crippen molar-refractivity contribution in [2.24, 2.45) is 0 Å². The van der Waals surface area contributed by atoms with Crippen LogP contribution >= 0.6 is 12.2 Å². The van der Waals surface area contributed by atoms with E-state index in [1.165, 1.54) is 11.0 Å². The summed E-state index contributed by atoms with van der Waals surface area (Å²) in [4.78, 5) is 12.0. The number of rotatable bonds is 3. The first-order chi connectivity index (χ1) is 4.57. The zero-order valence-corrected chi connectivity index (χ0v) is 6.52. The Labute approximate surface area is 64.9 Å². The number of carboxylic acids is 1. The van der Waals surface area contributed by atoms with Crippen LogP contribution in [0.3, 0.4) is 0 Å². The van der Waals surface area contributed by atoms with Gasteiger partial charge in [-0.15, -0.1) is 0 Å². The lowest BCUT2D eigenvalue weighted by atomic mass is 10.5. The second-order valence-corrected chi connectivity index (χ2v) is 2.21. The fraction of sp³-hybridized carbons (Fsp3) is 0.333. The second-order valence-electron chi connectivity index (χ2n) is 1.79. The zero-order valence-electron chi connectivity index (χ0n) is 5.70. The Bertz CT molecular complexity index is 167. The molecular weight excluding hydrogens is 150 g/mol. The van der Waals surface area contributed by atoms with Gasteiger partial charge in [-0.1, -0.05) is 18.8 Å². The summed E-state index contributed by atoms with van der Waals surface area (Å²) in [6.45, 7) is 3.33. The van der Waals surface area contributed by atoms with Crippen LogP contribution in [0.1, 0.15) is 0 Å². The molecule has 4 heteroatoms. The maximum atomic E-state index is 10.1. The third kappa shape index (κ3) is 3.19. The van der Waals surface area contributed by atoms with Crippen LogP contribution in [0.4, 0.5) is 0 Å². The molecule has 0 unspecified atom stereocenters. The van der Waals surface area contributed by atoms with Crippen LogP contribution in [0.2, 0.25) is 0 Å². The van der Waals surface area contributed by atoms with Crippen molar-refractivity contribution < 1.29 is 9.90 Å². The first kappa shape index (κ1) is 9.10. The molecule has 0 spiro atoms. The van der Waals surface area contributed by atoms with Crippen molar-refractivity contribution >= 4 is 23.2 Å². The summed E-state index contributed by atoms with van der Waals surface area (Å²) < 4.78 is 0. The number of carbonyl (C=O) groups is 1. The molecule has 0 aromatic carbocycles. The lowest BCUT2D eigenvalue weighted by Gasteiger charge is -2.13. The molecule has 0 rings (SSSR count). The molecule has 56 valence electrons. The molecule has 3 nitrogen and oxygen atoms in total. The van der Waals surface area contributed by atoms with Crippen molar-refractivity contribution in [1.82, 2.24) is 4.90 Å². The highest BCUT2D eigenvalue weighted by molar-refractivity contribution is 7.80. The summed E-state index contributed by atoms with van der Waals surface area (Å²) in [6, 6.07) is 0. The lowest BCUT2D eigenvalue weighted by Crippen LogP contribution is -2.29. The summed E-state index contributed by atoms with van der Waals surface area (Å²) >= 11 is 4.74. The molecule has 0 heterocycles. The van der Waals surface area contributed by atoms with Gasteiger partial charge in [-0.2, -0.15) is 0 Å². The Morgan fingerprint density at radius 3 is 2.70 bits per heavy atom. The second kappa shape index (κ2) is 4.00. The highest BCUT2D eigenvalue weighted by Gasteiger charge is 2.03. The van der Waals surface area contributed by atoms with Gasteiger partial charge in [0.1, 0.15) is 11.5 Å². The molecule has 0 aliphatic carbocycles. The molecule has 0 saturated carbocycles. The number of hydrogen-bond donors (Lipinski definition) is 1. The average Bonchev–Trinajstić information content (AvgIpc) is 1.85. The number of aliphatic carboxylic acids is 1. The number of nitrogens with zero attached hydrogens (tertiary/aromatic N) is 1. The van der Waals surface area contributed by atoms with E-state index in [-0.39, 0.29) is 6.54 Å². The summed E-state index contributed by atoms with van der Waals surface area (Å²) in [5, 5.41) is 8.29. The molecule has 0 aliphatic heterocycles. The Morgan fingerprint density at radius 2 is 2.40 bits per heavy atom. The van der Waals surface area contributed by atoms with E-state index in [0.717, 1.165) is 0 Å². The highest BCUT2D eigenvalue weighted by Crippen LogP contribution is 1.87. The van der Waals surface area contributed by atoms with Gasteiger partial charge in [0.15, 0.2) is 0 Å². The molecule has 0 aromatic heterocycles. The summed E-state index contributed by atoms with van der Waals surface area (Å²) in [5.41, 5.74) is 0. The maximum Gasteiger partial charge on any atom is 0.323 e. The molecule has 1 N–H and O–H groups in total. The van der Waals surface area contributed by atoms with Crippen molar-refractivity contribution in [1.29, 1.82) is 0 Å². The van der Waals surface area contributed by atoms with Crippen molar-refractivity contribution in [3.63, 3.8) is 0 Å². The Kier molecular flexibility index (Phi) is 3.64. The maximum absolute atomic E-state index is 10.1. The van der Waals surface area contributed by atoms with E-state index in [0.29, 0.717) is 4.99 Å². The topological polar surface area (TPSA) is 40.5 Å². The van der Waals surface area contributed by atoms with Crippen LogP contribution in [0.15, 0.2) is 12.7 Å². The van der Waals surface area contributed by atoms with Gasteiger partial charge in [0, 0.05) is 7.05 Å². The SMILES string of the molecule is C=CC(=S)N(C)CC(=O)O. The van der Waals surface area contributed by atoms with E-state index < -0.39 is 5.97 Å². The summed E-state index contributed by atoms with van der Waals surface area (Å²) in [7, 11) is 1.61. The number of thiocarbonyl (C=S) groups is 1. The van der Waals surface area contributed by atoms with Crippen LogP contribution in [-0.4, -0.2) is 34.6 Å². The lowest BCUT2D eigenvalue weighted by molar-refractivity contribution is -0.137. The first-order valence-electron chi connectivity index (χ1n) is 2.67. The Balaban J connectivity index is 3.84. The van der Waals surface area contributed by atoms with E-state index >= 15 is 0 Å². The predicted molar refractivity (Wildman–Crippen MR) is 43.1 cm³/mol. The number of carboxylic acid groups (broad SMARTS) is 1. The largest absolute Gasteiger partial charge is 0.480 e. The van der Waals surface area contributed by atoms with Gasteiger partial charge in [0.05, 0.1) is 0 Å². The third-order valence-corrected chi connectivity index (χ3v) is 1.40. The predicted octanol–water partition coefficient (Wildman–Crippen LogP) is 0.516. The Morgan fingerprint density at radius 1 is 1.90 bits per heavy atom. The minimum absolute atomic E-state index is 0.0785. The van der Waals surface area contributed by atoms with Gasteiger partial charge < -0.3 is 10.0 Å². The third-order valence-electron chi connectivity index (χ3n) is 0.923. The van der Waals surface area contributed by atoms with Gasteiger partial charge >= 0.3 is 5.97 Å². The van der Waals surface area contributed by atoms with Crippen LogP contribution < -0.4 is 0 Å². The smallest absolute Gasteiger partial charge is 0.323 e. The van der Waals surface area contributed by atoms with E-state index in [1.54, 1.807) is 7.05 Å². The fourth-order valence-corrected chi connectivity index (χ4v) is 0.501. The minimum Gasteiger partial charge on any atom is -0.480 e. The van der Waals surface area contributed by atoms with Crippen LogP contribution in [-0.2, 0) is 4.79 Å². The molecule has 10 heavy (non-hydrogen) atoms. The van der Waals surface area contributed by atoms with E-state index in [4.69, 9.17) is 17.3 Å². The van der Waals surface area contributed by atoms with Crippen LogP contribution in [0.5, 0.6) is 0 Å². The van der Waals surface area contributed by atoms with Crippen molar-refractivity contribution in [3.05, 3.63) is 12.7 Å². The highest BCUT2D eigenvalue weighted by atomic mass is 32.1. The van der Waals surface area contributed by atoms with Gasteiger partial charge in [0.2, 0.25) is 0 Å². The summed E-state index contributed by atoms with van der Waals surface area (Å²) in [6.07, 6.45) is 1.44. The molecule has 0 radical (unpaired) electrons. The van der Waals surface area contributed by atoms with Crippen LogP contribution in [0.25, 0.3) is 0 Å². The van der Waals surface area contributed by atoms with Gasteiger partial charge in [-0.25, -0.2) is 0 Å².